The maximum atomic E-state index is 12.2. The number of β-amino-alcohol motifs (C(OH)–C–C–N with tert-alkyl or cyclic N) is 1. The first-order valence-electron chi connectivity index (χ1n) is 7.02. The van der Waals surface area contributed by atoms with Crippen LogP contribution in [0.25, 0.3) is 0 Å². The number of hydrogen-bond acceptors (Lipinski definition) is 4. The van der Waals surface area contributed by atoms with Gasteiger partial charge in [-0.3, -0.25) is 4.90 Å². The minimum Gasteiger partial charge on any atom is -0.444 e. The van der Waals surface area contributed by atoms with Gasteiger partial charge < -0.3 is 14.7 Å². The van der Waals surface area contributed by atoms with E-state index in [1.807, 2.05) is 39.5 Å². The quantitative estimate of drug-likeness (QED) is 0.831. The molecule has 1 rings (SSSR count). The Morgan fingerprint density at radius 1 is 1.32 bits per heavy atom. The van der Waals surface area contributed by atoms with Crippen molar-refractivity contribution in [3.8, 4) is 0 Å². The van der Waals surface area contributed by atoms with E-state index in [0.29, 0.717) is 6.54 Å². The van der Waals surface area contributed by atoms with Crippen molar-refractivity contribution in [1.82, 2.24) is 9.80 Å². The molecule has 0 saturated carbocycles. The summed E-state index contributed by atoms with van der Waals surface area (Å²) < 4.78 is 5.45. The molecule has 0 bridgehead atoms. The second kappa shape index (κ2) is 6.09. The molecule has 19 heavy (non-hydrogen) atoms. The van der Waals surface area contributed by atoms with E-state index in [1.54, 1.807) is 6.92 Å². The van der Waals surface area contributed by atoms with Crippen LogP contribution >= 0.6 is 0 Å². The lowest BCUT2D eigenvalue weighted by Crippen LogP contribution is -2.60. The Bertz CT molecular complexity index is 300. The molecule has 5 nitrogen and oxygen atoms in total. The van der Waals surface area contributed by atoms with Crippen LogP contribution in [0.4, 0.5) is 4.79 Å². The van der Waals surface area contributed by atoms with Gasteiger partial charge in [0.2, 0.25) is 0 Å². The Morgan fingerprint density at radius 3 is 2.16 bits per heavy atom. The summed E-state index contributed by atoms with van der Waals surface area (Å²) in [6.07, 6.45) is -0.586. The van der Waals surface area contributed by atoms with E-state index in [0.717, 1.165) is 13.1 Å². The minimum absolute atomic E-state index is 0.0948. The van der Waals surface area contributed by atoms with E-state index in [4.69, 9.17) is 4.74 Å². The molecule has 0 aliphatic carbocycles. The summed E-state index contributed by atoms with van der Waals surface area (Å²) in [4.78, 5) is 16.2. The highest BCUT2D eigenvalue weighted by Gasteiger charge is 2.35. The summed E-state index contributed by atoms with van der Waals surface area (Å²) in [7, 11) is 0. The summed E-state index contributed by atoms with van der Waals surface area (Å²) >= 11 is 0. The van der Waals surface area contributed by atoms with Crippen molar-refractivity contribution >= 4 is 6.09 Å². The summed E-state index contributed by atoms with van der Waals surface area (Å²) in [5.41, 5.74) is -0.465. The Balaban J connectivity index is 2.65. The molecule has 3 atom stereocenters. The molecular weight excluding hydrogens is 244 g/mol. The average molecular weight is 272 g/mol. The third-order valence-corrected chi connectivity index (χ3v) is 3.12. The summed E-state index contributed by atoms with van der Waals surface area (Å²) in [6.45, 7) is 13.7. The van der Waals surface area contributed by atoms with Crippen LogP contribution in [0.5, 0.6) is 0 Å². The molecule has 0 radical (unpaired) electrons. The number of rotatable bonds is 2. The van der Waals surface area contributed by atoms with Gasteiger partial charge in [0.15, 0.2) is 0 Å². The highest BCUT2D eigenvalue weighted by atomic mass is 16.6. The molecule has 2 unspecified atom stereocenters. The molecule has 1 amide bonds. The number of nitrogens with zero attached hydrogens (tertiary/aromatic N) is 2. The number of carbonyl (C=O) groups is 1. The fraction of sp³-hybridized carbons (Fsp3) is 0.929. The largest absolute Gasteiger partial charge is 0.444 e. The van der Waals surface area contributed by atoms with Crippen LogP contribution in [0, 0.1) is 0 Å². The Hall–Kier alpha value is -0.810. The molecular formula is C14H28N2O3. The minimum atomic E-state index is -0.465. The lowest BCUT2D eigenvalue weighted by Gasteiger charge is -2.44. The van der Waals surface area contributed by atoms with Crippen molar-refractivity contribution < 1.29 is 14.6 Å². The Kier molecular flexibility index (Phi) is 5.21. The van der Waals surface area contributed by atoms with Gasteiger partial charge in [0.1, 0.15) is 5.60 Å². The highest BCUT2D eigenvalue weighted by molar-refractivity contribution is 5.69. The molecule has 0 aromatic rings. The number of amides is 1. The summed E-state index contributed by atoms with van der Waals surface area (Å²) in [6, 6.07) is 0.190. The highest BCUT2D eigenvalue weighted by Crippen LogP contribution is 2.19. The maximum Gasteiger partial charge on any atom is 0.410 e. The molecule has 1 fully saturated rings. The van der Waals surface area contributed by atoms with Crippen LogP contribution in [0.3, 0.4) is 0 Å². The second-order valence-corrected chi connectivity index (χ2v) is 6.65. The molecule has 0 aromatic heterocycles. The number of piperazine rings is 1. The predicted molar refractivity (Wildman–Crippen MR) is 75.1 cm³/mol. The molecule has 0 aromatic carbocycles. The second-order valence-electron chi connectivity index (χ2n) is 6.65. The van der Waals surface area contributed by atoms with Gasteiger partial charge in [-0.15, -0.1) is 0 Å². The van der Waals surface area contributed by atoms with Gasteiger partial charge in [-0.25, -0.2) is 4.79 Å². The summed E-state index contributed by atoms with van der Waals surface area (Å²) in [5, 5.41) is 9.46. The van der Waals surface area contributed by atoms with Crippen molar-refractivity contribution in [2.75, 3.05) is 19.6 Å². The number of hydrogen-bond donors (Lipinski definition) is 1. The van der Waals surface area contributed by atoms with Gasteiger partial charge in [-0.2, -0.15) is 0 Å². The van der Waals surface area contributed by atoms with Crippen LogP contribution in [0.2, 0.25) is 0 Å². The zero-order chi connectivity index (χ0) is 14.8. The topological polar surface area (TPSA) is 53.0 Å². The Morgan fingerprint density at radius 2 is 1.79 bits per heavy atom. The zero-order valence-corrected chi connectivity index (χ0v) is 13.0. The fourth-order valence-electron chi connectivity index (χ4n) is 2.63. The molecule has 1 aliphatic heterocycles. The number of aliphatic hydroxyl groups excluding tert-OH is 1. The average Bonchev–Trinajstić information content (AvgIpc) is 2.10. The molecule has 112 valence electrons. The summed E-state index contributed by atoms with van der Waals surface area (Å²) in [5.74, 6) is 0. The van der Waals surface area contributed by atoms with Gasteiger partial charge in [0.05, 0.1) is 6.10 Å². The van der Waals surface area contributed by atoms with E-state index in [2.05, 4.69) is 4.90 Å². The first-order valence-corrected chi connectivity index (χ1v) is 7.02. The van der Waals surface area contributed by atoms with E-state index < -0.39 is 5.60 Å². The normalized spacial score (nSPS) is 27.2. The Labute approximate surface area is 116 Å². The standard InChI is InChI=1S/C14H28N2O3/c1-10-7-15(9-12(3)17)8-11(2)16(10)13(18)19-14(4,5)6/h10-12,17H,7-9H2,1-6H3/t10?,11?,12-/m1/s1. The molecule has 1 N–H and O–H groups in total. The van der Waals surface area contributed by atoms with Crippen LogP contribution < -0.4 is 0 Å². The van der Waals surface area contributed by atoms with E-state index in [1.165, 1.54) is 0 Å². The van der Waals surface area contributed by atoms with Crippen LogP contribution in [0.1, 0.15) is 41.5 Å². The van der Waals surface area contributed by atoms with E-state index >= 15 is 0 Å². The van der Waals surface area contributed by atoms with Crippen molar-refractivity contribution in [3.05, 3.63) is 0 Å². The maximum absolute atomic E-state index is 12.2. The lowest BCUT2D eigenvalue weighted by atomic mass is 10.1. The first kappa shape index (κ1) is 16.2. The SMILES string of the molecule is CC1CN(C[C@@H](C)O)CC(C)N1C(=O)OC(C)(C)C. The van der Waals surface area contributed by atoms with Crippen molar-refractivity contribution in [2.45, 2.75) is 65.3 Å². The molecule has 5 heteroatoms. The van der Waals surface area contributed by atoms with Crippen molar-refractivity contribution in [3.63, 3.8) is 0 Å². The van der Waals surface area contributed by atoms with Crippen LogP contribution in [-0.2, 0) is 4.74 Å². The van der Waals surface area contributed by atoms with Gasteiger partial charge in [-0.1, -0.05) is 0 Å². The third-order valence-electron chi connectivity index (χ3n) is 3.12. The monoisotopic (exact) mass is 272 g/mol. The number of ether oxygens (including phenoxy) is 1. The zero-order valence-electron chi connectivity index (χ0n) is 13.0. The van der Waals surface area contributed by atoms with Gasteiger partial charge in [0, 0.05) is 31.7 Å². The van der Waals surface area contributed by atoms with Crippen molar-refractivity contribution in [1.29, 1.82) is 0 Å². The molecule has 1 heterocycles. The fourth-order valence-corrected chi connectivity index (χ4v) is 2.63. The van der Waals surface area contributed by atoms with Crippen LogP contribution in [-0.4, -0.2) is 64.4 Å². The molecule has 0 spiro atoms. The van der Waals surface area contributed by atoms with Crippen LogP contribution in [0.15, 0.2) is 0 Å². The van der Waals surface area contributed by atoms with E-state index in [9.17, 15) is 9.90 Å². The lowest BCUT2D eigenvalue weighted by molar-refractivity contribution is -0.0203. The smallest absolute Gasteiger partial charge is 0.410 e. The number of carbonyl (C=O) groups excluding carboxylic acids is 1. The van der Waals surface area contributed by atoms with E-state index in [-0.39, 0.29) is 24.3 Å². The predicted octanol–water partition coefficient (Wildman–Crippen LogP) is 1.70. The van der Waals surface area contributed by atoms with Gasteiger partial charge in [-0.05, 0) is 41.5 Å². The van der Waals surface area contributed by atoms with Crippen molar-refractivity contribution in [2.24, 2.45) is 0 Å². The number of aliphatic hydroxyl groups is 1. The van der Waals surface area contributed by atoms with Gasteiger partial charge in [0.25, 0.3) is 0 Å². The third kappa shape index (κ3) is 4.99. The van der Waals surface area contributed by atoms with Gasteiger partial charge >= 0.3 is 6.09 Å². The molecule has 1 saturated heterocycles. The first-order chi connectivity index (χ1) is 8.60. The molecule has 1 aliphatic rings.